The van der Waals surface area contributed by atoms with Crippen molar-refractivity contribution in [1.29, 1.82) is 0 Å². The van der Waals surface area contributed by atoms with Crippen LogP contribution in [0.2, 0.25) is 5.02 Å². The van der Waals surface area contributed by atoms with E-state index in [-0.39, 0.29) is 0 Å². The minimum absolute atomic E-state index is 0.438. The average molecular weight is 314 g/mol. The second-order valence-electron chi connectivity index (χ2n) is 4.25. The maximum atomic E-state index is 6.18. The summed E-state index contributed by atoms with van der Waals surface area (Å²) in [6, 6.07) is 8.02. The molecule has 0 fully saturated rings. The number of hydrogen-bond donors (Lipinski definition) is 0. The van der Waals surface area contributed by atoms with Crippen molar-refractivity contribution in [2.45, 2.75) is 25.1 Å². The van der Waals surface area contributed by atoms with E-state index < -0.39 is 0 Å². The van der Waals surface area contributed by atoms with Crippen molar-refractivity contribution in [3.63, 3.8) is 0 Å². The fourth-order valence-electron chi connectivity index (χ4n) is 1.58. The number of nitrogens with zero attached hydrogens (tertiary/aromatic N) is 2. The van der Waals surface area contributed by atoms with E-state index in [1.165, 1.54) is 0 Å². The van der Waals surface area contributed by atoms with Gasteiger partial charge in [-0.25, -0.2) is 4.68 Å². The summed E-state index contributed by atoms with van der Waals surface area (Å²) in [5.74, 6) is 0.438. The van der Waals surface area contributed by atoms with E-state index in [9.17, 15) is 0 Å². The zero-order valence-corrected chi connectivity index (χ0v) is 12.2. The molecule has 90 valence electrons. The normalized spacial score (nSPS) is 11.1. The minimum atomic E-state index is 0.438. The molecule has 0 aliphatic carbocycles. The van der Waals surface area contributed by atoms with Crippen molar-refractivity contribution in [3.05, 3.63) is 46.7 Å². The van der Waals surface area contributed by atoms with Crippen LogP contribution in [0.1, 0.15) is 31.0 Å². The van der Waals surface area contributed by atoms with E-state index in [0.717, 1.165) is 27.3 Å². The van der Waals surface area contributed by atoms with E-state index >= 15 is 0 Å². The topological polar surface area (TPSA) is 17.8 Å². The first-order valence-corrected chi connectivity index (χ1v) is 7.02. The van der Waals surface area contributed by atoms with Crippen LogP contribution in [0.4, 0.5) is 0 Å². The van der Waals surface area contributed by atoms with Crippen molar-refractivity contribution in [2.24, 2.45) is 0 Å². The van der Waals surface area contributed by atoms with E-state index in [1.807, 2.05) is 35.1 Å². The summed E-state index contributed by atoms with van der Waals surface area (Å²) in [7, 11) is 0. The molecule has 2 rings (SSSR count). The Morgan fingerprint density at radius 2 is 2.12 bits per heavy atom. The Morgan fingerprint density at radius 3 is 2.65 bits per heavy atom. The fourth-order valence-corrected chi connectivity index (χ4v) is 2.47. The number of alkyl halides is 1. The zero-order chi connectivity index (χ0) is 12.4. The number of aromatic nitrogens is 2. The van der Waals surface area contributed by atoms with Crippen LogP contribution in [0.25, 0.3) is 5.69 Å². The molecule has 4 heteroatoms. The van der Waals surface area contributed by atoms with Crippen LogP contribution < -0.4 is 0 Å². The number of rotatable bonds is 3. The summed E-state index contributed by atoms with van der Waals surface area (Å²) in [6.45, 7) is 4.27. The maximum absolute atomic E-state index is 6.18. The van der Waals surface area contributed by atoms with Crippen LogP contribution in [0.5, 0.6) is 0 Å². The van der Waals surface area contributed by atoms with Crippen LogP contribution in [0.3, 0.4) is 0 Å². The van der Waals surface area contributed by atoms with Gasteiger partial charge in [-0.15, -0.1) is 0 Å². The molecule has 17 heavy (non-hydrogen) atoms. The molecular formula is C13H14BrClN2. The van der Waals surface area contributed by atoms with E-state index in [2.05, 4.69) is 34.9 Å². The molecule has 0 saturated carbocycles. The van der Waals surface area contributed by atoms with Gasteiger partial charge in [0, 0.05) is 16.5 Å². The summed E-state index contributed by atoms with van der Waals surface area (Å²) in [5, 5.41) is 6.05. The Bertz CT molecular complexity index is 520. The van der Waals surface area contributed by atoms with Crippen molar-refractivity contribution >= 4 is 27.5 Å². The van der Waals surface area contributed by atoms with Gasteiger partial charge in [0.25, 0.3) is 0 Å². The monoisotopic (exact) mass is 312 g/mol. The molecular weight excluding hydrogens is 300 g/mol. The lowest BCUT2D eigenvalue weighted by atomic mass is 10.1. The quantitative estimate of drug-likeness (QED) is 0.760. The molecule has 0 spiro atoms. The Hall–Kier alpha value is -0.800. The summed E-state index contributed by atoms with van der Waals surface area (Å²) in [4.78, 5) is 0. The third kappa shape index (κ3) is 2.72. The molecule has 0 N–H and O–H groups in total. The first-order valence-electron chi connectivity index (χ1n) is 5.52. The minimum Gasteiger partial charge on any atom is -0.241 e. The van der Waals surface area contributed by atoms with Crippen molar-refractivity contribution < 1.29 is 0 Å². The summed E-state index contributed by atoms with van der Waals surface area (Å²) < 4.78 is 1.86. The Kier molecular flexibility index (Phi) is 3.89. The van der Waals surface area contributed by atoms with Gasteiger partial charge in [-0.2, -0.15) is 5.10 Å². The third-order valence-electron chi connectivity index (χ3n) is 2.65. The van der Waals surface area contributed by atoms with Gasteiger partial charge >= 0.3 is 0 Å². The van der Waals surface area contributed by atoms with Crippen molar-refractivity contribution in [3.8, 4) is 5.69 Å². The molecule has 0 radical (unpaired) electrons. The molecule has 0 unspecified atom stereocenters. The molecule has 0 bridgehead atoms. The lowest BCUT2D eigenvalue weighted by Gasteiger charge is -2.05. The van der Waals surface area contributed by atoms with Gasteiger partial charge in [0.05, 0.1) is 11.4 Å². The maximum Gasteiger partial charge on any atom is 0.0660 e. The van der Waals surface area contributed by atoms with E-state index in [0.29, 0.717) is 5.92 Å². The zero-order valence-electron chi connectivity index (χ0n) is 9.82. The molecule has 1 aromatic heterocycles. The van der Waals surface area contributed by atoms with Gasteiger partial charge in [0.2, 0.25) is 0 Å². The number of benzene rings is 1. The lowest BCUT2D eigenvalue weighted by Crippen LogP contribution is -1.97. The predicted molar refractivity (Wildman–Crippen MR) is 75.3 cm³/mol. The molecule has 0 saturated heterocycles. The molecule has 0 amide bonds. The van der Waals surface area contributed by atoms with E-state index in [4.69, 9.17) is 11.6 Å². The first-order chi connectivity index (χ1) is 8.11. The Morgan fingerprint density at radius 1 is 1.35 bits per heavy atom. The van der Waals surface area contributed by atoms with Crippen LogP contribution in [-0.4, -0.2) is 9.78 Å². The van der Waals surface area contributed by atoms with Crippen LogP contribution in [0, 0.1) is 0 Å². The summed E-state index contributed by atoms with van der Waals surface area (Å²) in [5.41, 5.74) is 3.17. The summed E-state index contributed by atoms with van der Waals surface area (Å²) in [6.07, 6.45) is 1.97. The van der Waals surface area contributed by atoms with Crippen molar-refractivity contribution in [1.82, 2.24) is 9.78 Å². The predicted octanol–water partition coefficient (Wildman–Crippen LogP) is 4.54. The second kappa shape index (κ2) is 5.23. The number of hydrogen-bond acceptors (Lipinski definition) is 1. The van der Waals surface area contributed by atoms with Crippen LogP contribution in [-0.2, 0) is 5.33 Å². The highest BCUT2D eigenvalue weighted by Gasteiger charge is 2.06. The van der Waals surface area contributed by atoms with Crippen LogP contribution in [0.15, 0.2) is 30.5 Å². The Balaban J connectivity index is 2.36. The van der Waals surface area contributed by atoms with E-state index in [1.54, 1.807) is 0 Å². The molecule has 0 aliphatic heterocycles. The molecule has 2 aromatic rings. The van der Waals surface area contributed by atoms with Gasteiger partial charge in [-0.3, -0.25) is 0 Å². The van der Waals surface area contributed by atoms with Crippen LogP contribution >= 0.6 is 27.5 Å². The highest BCUT2D eigenvalue weighted by atomic mass is 79.9. The summed E-state index contributed by atoms with van der Waals surface area (Å²) >= 11 is 9.58. The molecule has 2 nitrogen and oxygen atoms in total. The third-order valence-corrected chi connectivity index (χ3v) is 3.60. The van der Waals surface area contributed by atoms with Gasteiger partial charge in [-0.1, -0.05) is 47.4 Å². The first kappa shape index (κ1) is 12.7. The Labute approximate surface area is 115 Å². The van der Waals surface area contributed by atoms with Gasteiger partial charge < -0.3 is 0 Å². The van der Waals surface area contributed by atoms with Crippen molar-refractivity contribution in [2.75, 3.05) is 0 Å². The average Bonchev–Trinajstić information content (AvgIpc) is 2.78. The SMILES string of the molecule is CC(C)c1ccn(-c2ccc(CBr)c(Cl)c2)n1. The molecule has 1 aromatic carbocycles. The standard InChI is InChI=1S/C13H14BrClN2/c1-9(2)13-5-6-17(16-13)11-4-3-10(8-14)12(15)7-11/h3-7,9H,8H2,1-2H3. The fraction of sp³-hybridized carbons (Fsp3) is 0.308. The highest BCUT2D eigenvalue weighted by molar-refractivity contribution is 9.08. The van der Waals surface area contributed by atoms with Gasteiger partial charge in [0.15, 0.2) is 0 Å². The molecule has 0 atom stereocenters. The molecule has 0 aliphatic rings. The van der Waals surface area contributed by atoms with Gasteiger partial charge in [0.1, 0.15) is 0 Å². The number of halogens is 2. The smallest absolute Gasteiger partial charge is 0.0660 e. The second-order valence-corrected chi connectivity index (χ2v) is 5.22. The highest BCUT2D eigenvalue weighted by Crippen LogP contribution is 2.22. The molecule has 1 heterocycles. The lowest BCUT2D eigenvalue weighted by molar-refractivity contribution is 0.768. The van der Waals surface area contributed by atoms with Gasteiger partial charge in [-0.05, 0) is 29.7 Å². The largest absolute Gasteiger partial charge is 0.241 e.